The van der Waals surface area contributed by atoms with E-state index in [-0.39, 0.29) is 0 Å². The standard InChI is InChI=1S/C16H14ClNO2S/c1-10-15(5-6-20-10)21-9-12-7-11-3-4-13(19-2)8-14(11)18-16(12)17/h3-8H,9H2,1-2H3. The number of aromatic nitrogens is 1. The summed E-state index contributed by atoms with van der Waals surface area (Å²) in [4.78, 5) is 5.58. The minimum absolute atomic E-state index is 0.532. The van der Waals surface area contributed by atoms with Crippen LogP contribution in [-0.2, 0) is 5.75 Å². The molecular formula is C16H14ClNO2S. The molecule has 0 fully saturated rings. The van der Waals surface area contributed by atoms with Crippen molar-refractivity contribution < 1.29 is 9.15 Å². The van der Waals surface area contributed by atoms with Gasteiger partial charge in [-0.25, -0.2) is 4.98 Å². The van der Waals surface area contributed by atoms with Gasteiger partial charge in [0.15, 0.2) is 0 Å². The molecule has 2 aromatic heterocycles. The van der Waals surface area contributed by atoms with Crippen LogP contribution in [0.1, 0.15) is 11.3 Å². The van der Waals surface area contributed by atoms with Gasteiger partial charge in [0.1, 0.15) is 16.7 Å². The highest BCUT2D eigenvalue weighted by atomic mass is 35.5. The summed E-state index contributed by atoms with van der Waals surface area (Å²) in [7, 11) is 1.64. The number of benzene rings is 1. The van der Waals surface area contributed by atoms with Gasteiger partial charge in [-0.1, -0.05) is 11.6 Å². The van der Waals surface area contributed by atoms with Gasteiger partial charge >= 0.3 is 0 Å². The number of furan rings is 1. The summed E-state index contributed by atoms with van der Waals surface area (Å²) in [5, 5.41) is 1.59. The Bertz CT molecular complexity index is 785. The van der Waals surface area contributed by atoms with Gasteiger partial charge < -0.3 is 9.15 Å². The van der Waals surface area contributed by atoms with Crippen molar-refractivity contribution in [2.45, 2.75) is 17.6 Å². The van der Waals surface area contributed by atoms with E-state index in [1.54, 1.807) is 25.1 Å². The van der Waals surface area contributed by atoms with E-state index in [1.807, 2.05) is 31.2 Å². The average Bonchev–Trinajstić information content (AvgIpc) is 2.90. The Kier molecular flexibility index (Phi) is 4.08. The van der Waals surface area contributed by atoms with Crippen molar-refractivity contribution in [3.05, 3.63) is 53.1 Å². The lowest BCUT2D eigenvalue weighted by Crippen LogP contribution is -1.90. The van der Waals surface area contributed by atoms with Gasteiger partial charge in [0.05, 0.1) is 18.9 Å². The Morgan fingerprint density at radius 1 is 1.29 bits per heavy atom. The highest BCUT2D eigenvalue weighted by Crippen LogP contribution is 2.31. The van der Waals surface area contributed by atoms with E-state index < -0.39 is 0 Å². The summed E-state index contributed by atoms with van der Waals surface area (Å²) in [6.07, 6.45) is 1.70. The van der Waals surface area contributed by atoms with E-state index in [4.69, 9.17) is 20.8 Å². The number of aryl methyl sites for hydroxylation is 1. The topological polar surface area (TPSA) is 35.3 Å². The van der Waals surface area contributed by atoms with Crippen molar-refractivity contribution >= 4 is 34.3 Å². The fraction of sp³-hybridized carbons (Fsp3) is 0.188. The molecule has 0 unspecified atom stereocenters. The van der Waals surface area contributed by atoms with Crippen molar-refractivity contribution in [3.63, 3.8) is 0 Å². The highest BCUT2D eigenvalue weighted by molar-refractivity contribution is 7.98. The molecule has 0 atom stereocenters. The van der Waals surface area contributed by atoms with Crippen LogP contribution < -0.4 is 4.74 Å². The van der Waals surface area contributed by atoms with E-state index in [0.29, 0.717) is 5.15 Å². The van der Waals surface area contributed by atoms with Crippen molar-refractivity contribution in [3.8, 4) is 5.75 Å². The molecule has 5 heteroatoms. The molecule has 108 valence electrons. The minimum atomic E-state index is 0.532. The van der Waals surface area contributed by atoms with Crippen LogP contribution in [0.3, 0.4) is 0 Å². The first kappa shape index (κ1) is 14.3. The zero-order chi connectivity index (χ0) is 14.8. The number of pyridine rings is 1. The minimum Gasteiger partial charge on any atom is -0.497 e. The van der Waals surface area contributed by atoms with Gasteiger partial charge in [0, 0.05) is 27.7 Å². The molecule has 0 aliphatic heterocycles. The number of ether oxygens (including phenoxy) is 1. The molecule has 3 nitrogen and oxygen atoms in total. The zero-order valence-corrected chi connectivity index (χ0v) is 13.3. The second-order valence-electron chi connectivity index (χ2n) is 4.63. The Hall–Kier alpha value is -1.65. The number of hydrogen-bond donors (Lipinski definition) is 0. The van der Waals surface area contributed by atoms with Gasteiger partial charge in [-0.3, -0.25) is 0 Å². The first-order valence-corrected chi connectivity index (χ1v) is 7.84. The molecule has 1 aromatic carbocycles. The molecule has 0 saturated heterocycles. The van der Waals surface area contributed by atoms with Crippen molar-refractivity contribution in [1.29, 1.82) is 0 Å². The number of rotatable bonds is 4. The lowest BCUT2D eigenvalue weighted by atomic mass is 10.1. The maximum Gasteiger partial charge on any atom is 0.133 e. The first-order chi connectivity index (χ1) is 10.2. The van der Waals surface area contributed by atoms with E-state index in [1.165, 1.54) is 0 Å². The van der Waals surface area contributed by atoms with Gasteiger partial charge in [-0.05, 0) is 31.2 Å². The van der Waals surface area contributed by atoms with Gasteiger partial charge in [0.25, 0.3) is 0 Å². The number of hydrogen-bond acceptors (Lipinski definition) is 4. The molecule has 0 aliphatic carbocycles. The van der Waals surface area contributed by atoms with Crippen molar-refractivity contribution in [1.82, 2.24) is 4.98 Å². The van der Waals surface area contributed by atoms with Gasteiger partial charge in [-0.15, -0.1) is 11.8 Å². The van der Waals surface area contributed by atoms with Crippen LogP contribution in [0.2, 0.25) is 5.15 Å². The summed E-state index contributed by atoms with van der Waals surface area (Å²) in [6.45, 7) is 1.95. The number of fused-ring (bicyclic) bond motifs is 1. The first-order valence-electron chi connectivity index (χ1n) is 6.47. The molecule has 3 rings (SSSR count). The Morgan fingerprint density at radius 3 is 2.86 bits per heavy atom. The Labute approximate surface area is 132 Å². The van der Waals surface area contributed by atoms with Crippen LogP contribution in [0.5, 0.6) is 5.75 Å². The summed E-state index contributed by atoms with van der Waals surface area (Å²) in [6, 6.07) is 9.85. The second-order valence-corrected chi connectivity index (χ2v) is 6.00. The Balaban J connectivity index is 1.88. The summed E-state index contributed by atoms with van der Waals surface area (Å²) >= 11 is 7.98. The molecule has 0 N–H and O–H groups in total. The smallest absolute Gasteiger partial charge is 0.133 e. The fourth-order valence-corrected chi connectivity index (χ4v) is 3.30. The third-order valence-electron chi connectivity index (χ3n) is 3.25. The quantitative estimate of drug-likeness (QED) is 0.495. The third-order valence-corrected chi connectivity index (χ3v) is 4.76. The molecule has 0 spiro atoms. The predicted octanol–water partition coefficient (Wildman–Crippen LogP) is 5.09. The Morgan fingerprint density at radius 2 is 2.14 bits per heavy atom. The lowest BCUT2D eigenvalue weighted by molar-refractivity contribution is 0.415. The maximum atomic E-state index is 6.29. The van der Waals surface area contributed by atoms with Crippen LogP contribution >= 0.6 is 23.4 Å². The fourth-order valence-electron chi connectivity index (χ4n) is 2.07. The molecule has 2 heterocycles. The molecule has 21 heavy (non-hydrogen) atoms. The predicted molar refractivity (Wildman–Crippen MR) is 86.3 cm³/mol. The molecule has 0 saturated carbocycles. The van der Waals surface area contributed by atoms with Crippen molar-refractivity contribution in [2.24, 2.45) is 0 Å². The van der Waals surface area contributed by atoms with Crippen LogP contribution in [0.25, 0.3) is 10.9 Å². The monoisotopic (exact) mass is 319 g/mol. The van der Waals surface area contributed by atoms with Crippen LogP contribution in [0, 0.1) is 6.92 Å². The largest absolute Gasteiger partial charge is 0.497 e. The number of halogens is 1. The second kappa shape index (κ2) is 6.00. The number of methoxy groups -OCH3 is 1. The molecule has 3 aromatic rings. The summed E-state index contributed by atoms with van der Waals surface area (Å²) in [5.74, 6) is 2.46. The van der Waals surface area contributed by atoms with Gasteiger partial charge in [0.2, 0.25) is 0 Å². The zero-order valence-electron chi connectivity index (χ0n) is 11.7. The average molecular weight is 320 g/mol. The maximum absolute atomic E-state index is 6.29. The molecule has 0 bridgehead atoms. The van der Waals surface area contributed by atoms with Crippen LogP contribution in [-0.4, -0.2) is 12.1 Å². The molecule has 0 amide bonds. The summed E-state index contributed by atoms with van der Waals surface area (Å²) < 4.78 is 10.5. The van der Waals surface area contributed by atoms with E-state index in [9.17, 15) is 0 Å². The van der Waals surface area contributed by atoms with E-state index in [0.717, 1.165) is 38.6 Å². The van der Waals surface area contributed by atoms with E-state index in [2.05, 4.69) is 11.1 Å². The summed E-state index contributed by atoms with van der Waals surface area (Å²) in [5.41, 5.74) is 1.85. The lowest BCUT2D eigenvalue weighted by Gasteiger charge is -2.07. The highest BCUT2D eigenvalue weighted by Gasteiger charge is 2.08. The normalized spacial score (nSPS) is 11.0. The number of nitrogens with zero attached hydrogens (tertiary/aromatic N) is 1. The van der Waals surface area contributed by atoms with Gasteiger partial charge in [-0.2, -0.15) is 0 Å². The van der Waals surface area contributed by atoms with Crippen LogP contribution in [0.4, 0.5) is 0 Å². The SMILES string of the molecule is COc1ccc2cc(CSc3ccoc3C)c(Cl)nc2c1. The molecular weight excluding hydrogens is 306 g/mol. The van der Waals surface area contributed by atoms with Crippen molar-refractivity contribution in [2.75, 3.05) is 7.11 Å². The molecule has 0 aliphatic rings. The molecule has 0 radical (unpaired) electrons. The third kappa shape index (κ3) is 3.01. The van der Waals surface area contributed by atoms with Crippen LogP contribution in [0.15, 0.2) is 45.9 Å². The van der Waals surface area contributed by atoms with E-state index >= 15 is 0 Å². The number of thioether (sulfide) groups is 1.